The quantitative estimate of drug-likeness (QED) is 0.419. The third-order valence-electron chi connectivity index (χ3n) is 4.41. The lowest BCUT2D eigenvalue weighted by Gasteiger charge is -2.31. The number of carbonyl (C=O) groups excluding carboxylic acids is 3. The summed E-state index contributed by atoms with van der Waals surface area (Å²) in [6.07, 6.45) is -0.316. The van der Waals surface area contributed by atoms with Crippen LogP contribution >= 0.6 is 0 Å². The van der Waals surface area contributed by atoms with Crippen LogP contribution in [0.4, 0.5) is 0 Å². The van der Waals surface area contributed by atoms with Gasteiger partial charge in [-0.05, 0) is 12.8 Å². The maximum absolute atomic E-state index is 12.7. The number of rotatable bonds is 5. The molecule has 10 nitrogen and oxygen atoms in total. The largest absolute Gasteiger partial charge is 0.480 e. The van der Waals surface area contributed by atoms with Crippen LogP contribution in [0.15, 0.2) is 0 Å². The Labute approximate surface area is 138 Å². The summed E-state index contributed by atoms with van der Waals surface area (Å²) in [6.45, 7) is 0.220. The van der Waals surface area contributed by atoms with Crippen molar-refractivity contribution in [3.8, 4) is 0 Å². The number of nitrogens with two attached hydrogens (primary N) is 2. The number of carboxylic acids is 1. The number of aliphatic hydroxyl groups excluding tert-OH is 1. The summed E-state index contributed by atoms with van der Waals surface area (Å²) in [7, 11) is 0. The summed E-state index contributed by atoms with van der Waals surface area (Å²) in [5.74, 6) is -2.99. The molecule has 2 aliphatic rings. The molecule has 4 atom stereocenters. The first kappa shape index (κ1) is 18.1. The van der Waals surface area contributed by atoms with E-state index >= 15 is 0 Å². The van der Waals surface area contributed by atoms with Crippen LogP contribution in [0.3, 0.4) is 0 Å². The van der Waals surface area contributed by atoms with E-state index < -0.39 is 47.9 Å². The fraction of sp³-hybridized carbons (Fsp3) is 0.714. The lowest BCUT2D eigenvalue weighted by atomic mass is 10.1. The summed E-state index contributed by atoms with van der Waals surface area (Å²) in [6, 6.07) is -3.07. The first-order chi connectivity index (χ1) is 11.2. The van der Waals surface area contributed by atoms with Gasteiger partial charge in [-0.2, -0.15) is 0 Å². The Balaban J connectivity index is 2.12. The van der Waals surface area contributed by atoms with Crippen molar-refractivity contribution in [1.82, 2.24) is 9.80 Å². The van der Waals surface area contributed by atoms with Crippen LogP contribution in [0.2, 0.25) is 0 Å². The van der Waals surface area contributed by atoms with Crippen LogP contribution in [-0.4, -0.2) is 81.0 Å². The fourth-order valence-electron chi connectivity index (χ4n) is 3.29. The molecule has 134 valence electrons. The molecule has 0 aromatic rings. The normalized spacial score (nSPS) is 28.0. The number of hydrogen-bond acceptors (Lipinski definition) is 6. The second-order valence-corrected chi connectivity index (χ2v) is 6.20. The van der Waals surface area contributed by atoms with Gasteiger partial charge in [0.15, 0.2) is 0 Å². The third-order valence-corrected chi connectivity index (χ3v) is 4.41. The predicted octanol–water partition coefficient (Wildman–Crippen LogP) is -2.77. The number of amides is 3. The number of hydrogen-bond donors (Lipinski definition) is 4. The summed E-state index contributed by atoms with van der Waals surface area (Å²) in [4.78, 5) is 49.6. The van der Waals surface area contributed by atoms with Gasteiger partial charge in [0.2, 0.25) is 17.7 Å². The summed E-state index contributed by atoms with van der Waals surface area (Å²) in [5.41, 5.74) is 10.7. The molecule has 2 saturated heterocycles. The Kier molecular flexibility index (Phi) is 5.40. The Morgan fingerprint density at radius 3 is 2.42 bits per heavy atom. The van der Waals surface area contributed by atoms with E-state index in [0.29, 0.717) is 19.4 Å². The van der Waals surface area contributed by atoms with Gasteiger partial charge in [0.05, 0.1) is 18.6 Å². The zero-order chi connectivity index (χ0) is 18.0. The van der Waals surface area contributed by atoms with Gasteiger partial charge in [-0.15, -0.1) is 0 Å². The Morgan fingerprint density at radius 2 is 1.83 bits per heavy atom. The molecule has 2 rings (SSSR count). The summed E-state index contributed by atoms with van der Waals surface area (Å²) in [5, 5.41) is 18.9. The Morgan fingerprint density at radius 1 is 1.17 bits per heavy atom. The van der Waals surface area contributed by atoms with Crippen LogP contribution in [0, 0.1) is 0 Å². The molecule has 0 aromatic carbocycles. The van der Waals surface area contributed by atoms with Crippen molar-refractivity contribution in [2.24, 2.45) is 11.5 Å². The highest BCUT2D eigenvalue weighted by Crippen LogP contribution is 2.25. The second-order valence-electron chi connectivity index (χ2n) is 6.20. The number of nitrogens with zero attached hydrogens (tertiary/aromatic N) is 2. The molecule has 0 saturated carbocycles. The molecule has 0 radical (unpaired) electrons. The van der Waals surface area contributed by atoms with Gasteiger partial charge >= 0.3 is 5.97 Å². The number of aliphatic carboxylic acids is 1. The minimum atomic E-state index is -1.19. The Hall–Kier alpha value is -2.20. The average Bonchev–Trinajstić information content (AvgIpc) is 3.11. The van der Waals surface area contributed by atoms with E-state index in [1.54, 1.807) is 0 Å². The zero-order valence-corrected chi connectivity index (χ0v) is 13.1. The van der Waals surface area contributed by atoms with Crippen LogP contribution < -0.4 is 11.5 Å². The molecule has 0 unspecified atom stereocenters. The molecule has 2 aliphatic heterocycles. The predicted molar refractivity (Wildman–Crippen MR) is 80.3 cm³/mol. The molecule has 0 aromatic heterocycles. The zero-order valence-electron chi connectivity index (χ0n) is 13.1. The summed E-state index contributed by atoms with van der Waals surface area (Å²) < 4.78 is 0. The average molecular weight is 342 g/mol. The minimum absolute atomic E-state index is 0.0388. The summed E-state index contributed by atoms with van der Waals surface area (Å²) >= 11 is 0. The van der Waals surface area contributed by atoms with Crippen molar-refractivity contribution in [2.45, 2.75) is 49.9 Å². The molecule has 10 heteroatoms. The lowest BCUT2D eigenvalue weighted by Crippen LogP contribution is -2.54. The first-order valence-electron chi connectivity index (χ1n) is 7.78. The van der Waals surface area contributed by atoms with Gasteiger partial charge in [-0.1, -0.05) is 0 Å². The van der Waals surface area contributed by atoms with E-state index in [9.17, 15) is 29.4 Å². The standard InChI is InChI=1S/C14H22N4O6/c15-8(5-11(16)20)12(21)17-3-1-2-9(17)13(22)18-6-7(19)4-10(18)14(23)24/h7-10,19H,1-6,15H2,(H2,16,20)(H,23,24)/t7-,8+,9+,10+/m1/s1. The van der Waals surface area contributed by atoms with Crippen molar-refractivity contribution < 1.29 is 29.4 Å². The van der Waals surface area contributed by atoms with E-state index in [1.165, 1.54) is 4.90 Å². The van der Waals surface area contributed by atoms with Gasteiger partial charge in [0.25, 0.3) is 0 Å². The van der Waals surface area contributed by atoms with Gasteiger partial charge in [-0.3, -0.25) is 14.4 Å². The number of likely N-dealkylation sites (tertiary alicyclic amines) is 2. The van der Waals surface area contributed by atoms with Crippen LogP contribution in [-0.2, 0) is 19.2 Å². The SMILES string of the molecule is NC(=O)C[C@H](N)C(=O)N1CCC[C@H]1C(=O)N1C[C@H](O)C[C@H]1C(=O)O. The van der Waals surface area contributed by atoms with Gasteiger partial charge in [-0.25, -0.2) is 4.79 Å². The highest BCUT2D eigenvalue weighted by molar-refractivity contribution is 5.94. The maximum atomic E-state index is 12.7. The fourth-order valence-corrected chi connectivity index (χ4v) is 3.29. The molecule has 0 aliphatic carbocycles. The van der Waals surface area contributed by atoms with Crippen molar-refractivity contribution >= 4 is 23.7 Å². The monoisotopic (exact) mass is 342 g/mol. The number of β-amino-alcohol motifs (C(OH)–C–C–N with tert-alkyl or cyclic N) is 1. The molecule has 24 heavy (non-hydrogen) atoms. The number of aliphatic hydroxyl groups is 1. The van der Waals surface area contributed by atoms with Gasteiger partial charge < -0.3 is 31.5 Å². The maximum Gasteiger partial charge on any atom is 0.326 e. The van der Waals surface area contributed by atoms with Crippen molar-refractivity contribution in [1.29, 1.82) is 0 Å². The highest BCUT2D eigenvalue weighted by Gasteiger charge is 2.45. The number of primary amides is 1. The van der Waals surface area contributed by atoms with Crippen LogP contribution in [0.1, 0.15) is 25.7 Å². The lowest BCUT2D eigenvalue weighted by molar-refractivity contribution is -0.152. The first-order valence-corrected chi connectivity index (χ1v) is 7.78. The Bertz CT molecular complexity index is 553. The van der Waals surface area contributed by atoms with Gasteiger partial charge in [0, 0.05) is 19.5 Å². The topological polar surface area (TPSA) is 167 Å². The smallest absolute Gasteiger partial charge is 0.326 e. The van der Waals surface area contributed by atoms with Crippen molar-refractivity contribution in [3.63, 3.8) is 0 Å². The van der Waals surface area contributed by atoms with E-state index in [-0.39, 0.29) is 19.4 Å². The molecule has 0 spiro atoms. The van der Waals surface area contributed by atoms with Gasteiger partial charge in [0.1, 0.15) is 12.1 Å². The molecular formula is C14H22N4O6. The highest BCUT2D eigenvalue weighted by atomic mass is 16.4. The van der Waals surface area contributed by atoms with Crippen molar-refractivity contribution in [2.75, 3.05) is 13.1 Å². The third kappa shape index (κ3) is 3.65. The molecular weight excluding hydrogens is 320 g/mol. The second kappa shape index (κ2) is 7.14. The molecule has 2 fully saturated rings. The van der Waals surface area contributed by atoms with E-state index in [2.05, 4.69) is 0 Å². The molecule has 0 bridgehead atoms. The molecule has 3 amide bonds. The minimum Gasteiger partial charge on any atom is -0.480 e. The molecule has 6 N–H and O–H groups in total. The number of carboxylic acid groups (broad SMARTS) is 1. The van der Waals surface area contributed by atoms with Crippen LogP contribution in [0.5, 0.6) is 0 Å². The van der Waals surface area contributed by atoms with E-state index in [1.807, 2.05) is 0 Å². The van der Waals surface area contributed by atoms with Crippen LogP contribution in [0.25, 0.3) is 0 Å². The van der Waals surface area contributed by atoms with Crippen molar-refractivity contribution in [3.05, 3.63) is 0 Å². The van der Waals surface area contributed by atoms with E-state index in [0.717, 1.165) is 4.90 Å². The number of carbonyl (C=O) groups is 4. The van der Waals surface area contributed by atoms with E-state index in [4.69, 9.17) is 11.5 Å². The molecule has 2 heterocycles.